The molecule has 27 heavy (non-hydrogen) atoms. The highest BCUT2D eigenvalue weighted by Crippen LogP contribution is 2.36. The molecule has 2 N–H and O–H groups in total. The van der Waals surface area contributed by atoms with Crippen molar-refractivity contribution in [2.75, 3.05) is 58.3 Å². The highest BCUT2D eigenvalue weighted by atomic mass is 32.2. The third kappa shape index (κ3) is 5.31. The van der Waals surface area contributed by atoms with Crippen molar-refractivity contribution in [3.63, 3.8) is 0 Å². The number of piperidine rings is 1. The quantitative estimate of drug-likeness (QED) is 0.549. The van der Waals surface area contributed by atoms with E-state index in [-0.39, 0.29) is 5.91 Å². The summed E-state index contributed by atoms with van der Waals surface area (Å²) in [7, 11) is 3.63. The standard InChI is InChI=1S/C20H37N5OS/c1-21-18(26)15-17-5-9-24(10-6-17)19(22-2)23-16-20(7-3-4-8-20)25-11-13-27-14-12-25/h17H,3-16H2,1-2H3,(H,21,26)(H,22,23). The maximum Gasteiger partial charge on any atom is 0.220 e. The summed E-state index contributed by atoms with van der Waals surface area (Å²) < 4.78 is 0. The Morgan fingerprint density at radius 3 is 2.41 bits per heavy atom. The van der Waals surface area contributed by atoms with Gasteiger partial charge in [-0.3, -0.25) is 14.7 Å². The zero-order valence-electron chi connectivity index (χ0n) is 17.1. The summed E-state index contributed by atoms with van der Waals surface area (Å²) in [6.45, 7) is 5.47. The van der Waals surface area contributed by atoms with E-state index in [4.69, 9.17) is 0 Å². The zero-order valence-corrected chi connectivity index (χ0v) is 18.0. The van der Waals surface area contributed by atoms with E-state index in [9.17, 15) is 4.79 Å². The third-order valence-corrected chi connectivity index (χ3v) is 7.61. The smallest absolute Gasteiger partial charge is 0.220 e. The summed E-state index contributed by atoms with van der Waals surface area (Å²) in [5.74, 6) is 4.26. The van der Waals surface area contributed by atoms with Crippen LogP contribution in [0, 0.1) is 5.92 Å². The largest absolute Gasteiger partial charge is 0.359 e. The number of amides is 1. The lowest BCUT2D eigenvalue weighted by atomic mass is 9.93. The number of likely N-dealkylation sites (tertiary alicyclic amines) is 1. The lowest BCUT2D eigenvalue weighted by Crippen LogP contribution is -2.58. The molecule has 0 aromatic carbocycles. The summed E-state index contributed by atoms with van der Waals surface area (Å²) in [5, 5.41) is 6.48. The van der Waals surface area contributed by atoms with E-state index < -0.39 is 0 Å². The molecule has 3 aliphatic rings. The molecule has 6 nitrogen and oxygen atoms in total. The molecule has 0 spiro atoms. The summed E-state index contributed by atoms with van der Waals surface area (Å²) in [5.41, 5.74) is 0.328. The number of nitrogens with zero attached hydrogens (tertiary/aromatic N) is 3. The Bertz CT molecular complexity index is 507. The molecule has 1 aliphatic carbocycles. The first-order valence-electron chi connectivity index (χ1n) is 10.7. The number of hydrogen-bond donors (Lipinski definition) is 2. The van der Waals surface area contributed by atoms with E-state index in [0.717, 1.165) is 38.4 Å². The first kappa shape index (κ1) is 20.8. The van der Waals surface area contributed by atoms with Gasteiger partial charge in [0.1, 0.15) is 0 Å². The molecule has 2 aliphatic heterocycles. The van der Waals surface area contributed by atoms with Gasteiger partial charge in [-0.05, 0) is 31.6 Å². The van der Waals surface area contributed by atoms with Crippen LogP contribution < -0.4 is 10.6 Å². The zero-order chi connectivity index (χ0) is 19.1. The fourth-order valence-electron chi connectivity index (χ4n) is 4.96. The first-order chi connectivity index (χ1) is 13.2. The number of thioether (sulfide) groups is 1. The molecule has 3 fully saturated rings. The van der Waals surface area contributed by atoms with Crippen molar-refractivity contribution in [2.45, 2.75) is 50.5 Å². The van der Waals surface area contributed by atoms with Gasteiger partial charge in [0.15, 0.2) is 5.96 Å². The molecular weight excluding hydrogens is 358 g/mol. The van der Waals surface area contributed by atoms with Crippen LogP contribution in [0.3, 0.4) is 0 Å². The minimum Gasteiger partial charge on any atom is -0.359 e. The maximum absolute atomic E-state index is 11.6. The van der Waals surface area contributed by atoms with E-state index in [1.54, 1.807) is 7.05 Å². The van der Waals surface area contributed by atoms with Gasteiger partial charge in [0.2, 0.25) is 5.91 Å². The minimum atomic E-state index is 0.166. The van der Waals surface area contributed by atoms with Gasteiger partial charge in [-0.2, -0.15) is 11.8 Å². The van der Waals surface area contributed by atoms with Crippen molar-refractivity contribution >= 4 is 23.6 Å². The Hall–Kier alpha value is -0.950. The van der Waals surface area contributed by atoms with Crippen LogP contribution in [-0.2, 0) is 4.79 Å². The number of hydrogen-bond acceptors (Lipinski definition) is 4. The van der Waals surface area contributed by atoms with Gasteiger partial charge in [0.25, 0.3) is 0 Å². The topological polar surface area (TPSA) is 60.0 Å². The Kier molecular flexibility index (Phi) is 7.70. The molecule has 0 aromatic rings. The minimum absolute atomic E-state index is 0.166. The monoisotopic (exact) mass is 395 g/mol. The van der Waals surface area contributed by atoms with Gasteiger partial charge >= 0.3 is 0 Å². The Morgan fingerprint density at radius 2 is 1.81 bits per heavy atom. The van der Waals surface area contributed by atoms with E-state index in [1.165, 1.54) is 50.3 Å². The molecule has 1 amide bonds. The fraction of sp³-hybridized carbons (Fsp3) is 0.900. The molecule has 0 unspecified atom stereocenters. The van der Waals surface area contributed by atoms with E-state index in [1.807, 2.05) is 7.05 Å². The van der Waals surface area contributed by atoms with Gasteiger partial charge in [-0.15, -0.1) is 0 Å². The predicted molar refractivity (Wildman–Crippen MR) is 114 cm³/mol. The summed E-state index contributed by atoms with van der Waals surface area (Å²) in [6.07, 6.45) is 8.15. The normalized spacial score (nSPS) is 24.8. The Labute approximate surface area is 168 Å². The second-order valence-corrected chi connectivity index (χ2v) is 9.46. The van der Waals surface area contributed by atoms with Crippen LogP contribution in [-0.4, -0.2) is 85.5 Å². The van der Waals surface area contributed by atoms with Gasteiger partial charge in [0.05, 0.1) is 0 Å². The van der Waals surface area contributed by atoms with Gasteiger partial charge in [-0.25, -0.2) is 0 Å². The first-order valence-corrected chi connectivity index (χ1v) is 11.8. The van der Waals surface area contributed by atoms with E-state index in [0.29, 0.717) is 17.9 Å². The molecule has 3 rings (SSSR count). The van der Waals surface area contributed by atoms with Crippen LogP contribution in [0.4, 0.5) is 0 Å². The van der Waals surface area contributed by atoms with Crippen LogP contribution in [0.25, 0.3) is 0 Å². The third-order valence-electron chi connectivity index (χ3n) is 6.67. The van der Waals surface area contributed by atoms with Crippen molar-refractivity contribution in [1.29, 1.82) is 0 Å². The molecule has 0 bridgehead atoms. The molecule has 0 radical (unpaired) electrons. The maximum atomic E-state index is 11.6. The van der Waals surface area contributed by atoms with Crippen molar-refractivity contribution in [3.8, 4) is 0 Å². The Balaban J connectivity index is 1.52. The molecule has 1 saturated carbocycles. The molecule has 7 heteroatoms. The van der Waals surface area contributed by atoms with E-state index in [2.05, 4.69) is 37.2 Å². The average molecular weight is 396 g/mol. The van der Waals surface area contributed by atoms with Gasteiger partial charge in [-0.1, -0.05) is 12.8 Å². The lowest BCUT2D eigenvalue weighted by Gasteiger charge is -2.44. The molecule has 0 atom stereocenters. The average Bonchev–Trinajstić information content (AvgIpc) is 3.20. The molecule has 0 aromatic heterocycles. The van der Waals surface area contributed by atoms with Crippen LogP contribution in [0.2, 0.25) is 0 Å². The Morgan fingerprint density at radius 1 is 1.15 bits per heavy atom. The number of carbonyl (C=O) groups excluding carboxylic acids is 1. The van der Waals surface area contributed by atoms with Crippen molar-refractivity contribution in [2.24, 2.45) is 10.9 Å². The molecular formula is C20H37N5OS. The second-order valence-electron chi connectivity index (χ2n) is 8.24. The van der Waals surface area contributed by atoms with Crippen LogP contribution in [0.15, 0.2) is 4.99 Å². The number of guanidine groups is 1. The molecule has 154 valence electrons. The highest BCUT2D eigenvalue weighted by molar-refractivity contribution is 7.99. The van der Waals surface area contributed by atoms with Crippen LogP contribution >= 0.6 is 11.8 Å². The lowest BCUT2D eigenvalue weighted by molar-refractivity contribution is -0.121. The SMILES string of the molecule is CN=C(NCC1(N2CCSCC2)CCCC1)N1CCC(CC(=O)NC)CC1. The highest BCUT2D eigenvalue weighted by Gasteiger charge is 2.40. The fourth-order valence-corrected chi connectivity index (χ4v) is 5.87. The second kappa shape index (κ2) is 10.0. The number of nitrogens with one attached hydrogen (secondary N) is 2. The summed E-state index contributed by atoms with van der Waals surface area (Å²) in [4.78, 5) is 21.3. The van der Waals surface area contributed by atoms with Crippen molar-refractivity contribution < 1.29 is 4.79 Å². The van der Waals surface area contributed by atoms with Crippen LogP contribution in [0.1, 0.15) is 44.9 Å². The number of rotatable bonds is 5. The molecule has 2 heterocycles. The van der Waals surface area contributed by atoms with Gasteiger partial charge < -0.3 is 15.5 Å². The van der Waals surface area contributed by atoms with Gasteiger partial charge in [0, 0.05) is 70.3 Å². The predicted octanol–water partition coefficient (Wildman–Crippen LogP) is 1.77. The van der Waals surface area contributed by atoms with Crippen LogP contribution in [0.5, 0.6) is 0 Å². The van der Waals surface area contributed by atoms with Crippen molar-refractivity contribution in [1.82, 2.24) is 20.4 Å². The van der Waals surface area contributed by atoms with E-state index >= 15 is 0 Å². The number of aliphatic imine (C=N–C) groups is 1. The summed E-state index contributed by atoms with van der Waals surface area (Å²) in [6, 6.07) is 0. The van der Waals surface area contributed by atoms with Crippen molar-refractivity contribution in [3.05, 3.63) is 0 Å². The summed E-state index contributed by atoms with van der Waals surface area (Å²) >= 11 is 2.09. The molecule has 2 saturated heterocycles. The number of carbonyl (C=O) groups is 1.